The first-order chi connectivity index (χ1) is 16.8. The van der Waals surface area contributed by atoms with Gasteiger partial charge in [0.05, 0.1) is 6.61 Å². The molecule has 1 unspecified atom stereocenters. The number of hydrogen-bond donors (Lipinski definition) is 0. The molecule has 0 heterocycles. The van der Waals surface area contributed by atoms with Crippen molar-refractivity contribution < 1.29 is 14.3 Å². The van der Waals surface area contributed by atoms with Crippen LogP contribution in [0.25, 0.3) is 0 Å². The largest absolute Gasteiger partial charge is 0.482 e. The maximum atomic E-state index is 11.6. The number of allylic oxidation sites excluding steroid dienone is 4. The van der Waals surface area contributed by atoms with Crippen LogP contribution in [0.4, 0.5) is 0 Å². The van der Waals surface area contributed by atoms with Gasteiger partial charge < -0.3 is 14.4 Å². The van der Waals surface area contributed by atoms with Crippen molar-refractivity contribution in [2.45, 2.75) is 119 Å². The third kappa shape index (κ3) is 22.6. The third-order valence-corrected chi connectivity index (χ3v) is 6.38. The lowest BCUT2D eigenvalue weighted by molar-refractivity contribution is -0.147. The van der Waals surface area contributed by atoms with Gasteiger partial charge in [-0.25, -0.2) is 4.79 Å². The molecule has 0 aliphatic heterocycles. The molecule has 0 aliphatic rings. The van der Waals surface area contributed by atoms with Gasteiger partial charge >= 0.3 is 5.97 Å². The molecule has 0 aromatic carbocycles. The van der Waals surface area contributed by atoms with Crippen molar-refractivity contribution in [2.75, 3.05) is 33.9 Å². The number of carbonyl (C=O) groups excluding carboxylic acids is 1. The van der Waals surface area contributed by atoms with Crippen LogP contribution in [0, 0.1) is 5.92 Å². The summed E-state index contributed by atoms with van der Waals surface area (Å²) in [5, 5.41) is 0. The van der Waals surface area contributed by atoms with Gasteiger partial charge in [0.15, 0.2) is 6.61 Å². The maximum Gasteiger partial charge on any atom is 0.344 e. The van der Waals surface area contributed by atoms with E-state index in [0.29, 0.717) is 12.4 Å². The second-order valence-electron chi connectivity index (χ2n) is 9.80. The SMILES string of the molecule is C=C/C(C)=C(C)\C(=C/C)OCC(=O)OCCCCN(C)C.CCCCCCCCC(CC)CCC. The first-order valence-electron chi connectivity index (χ1n) is 14.2. The Kier molecular flexibility index (Phi) is 26.0. The smallest absolute Gasteiger partial charge is 0.344 e. The van der Waals surface area contributed by atoms with Crippen LogP contribution in [0.15, 0.2) is 35.6 Å². The van der Waals surface area contributed by atoms with Crippen molar-refractivity contribution in [1.29, 1.82) is 0 Å². The third-order valence-electron chi connectivity index (χ3n) is 6.38. The summed E-state index contributed by atoms with van der Waals surface area (Å²) in [5.74, 6) is 1.38. The summed E-state index contributed by atoms with van der Waals surface area (Å²) in [5.41, 5.74) is 2.01. The normalized spacial score (nSPS) is 13.0. The summed E-state index contributed by atoms with van der Waals surface area (Å²) >= 11 is 0. The highest BCUT2D eigenvalue weighted by Crippen LogP contribution is 2.19. The number of unbranched alkanes of at least 4 members (excludes halogenated alkanes) is 6. The predicted octanol–water partition coefficient (Wildman–Crippen LogP) is 8.88. The highest BCUT2D eigenvalue weighted by molar-refractivity contribution is 5.70. The van der Waals surface area contributed by atoms with E-state index in [9.17, 15) is 4.79 Å². The Morgan fingerprint density at radius 3 is 2.09 bits per heavy atom. The molecule has 0 fully saturated rings. The van der Waals surface area contributed by atoms with E-state index in [0.717, 1.165) is 36.5 Å². The number of ether oxygens (including phenoxy) is 2. The Hall–Kier alpha value is -1.55. The Morgan fingerprint density at radius 1 is 0.886 bits per heavy atom. The van der Waals surface area contributed by atoms with Crippen LogP contribution in [-0.4, -0.2) is 44.7 Å². The summed E-state index contributed by atoms with van der Waals surface area (Å²) in [4.78, 5) is 13.7. The second-order valence-corrected chi connectivity index (χ2v) is 9.80. The van der Waals surface area contributed by atoms with Gasteiger partial charge in [-0.3, -0.25) is 0 Å². The van der Waals surface area contributed by atoms with Crippen molar-refractivity contribution >= 4 is 5.97 Å². The number of hydrogen-bond acceptors (Lipinski definition) is 4. The van der Waals surface area contributed by atoms with Gasteiger partial charge in [0, 0.05) is 0 Å². The minimum absolute atomic E-state index is 0.0604. The molecule has 0 aromatic rings. The molecule has 35 heavy (non-hydrogen) atoms. The predicted molar refractivity (Wildman–Crippen MR) is 154 cm³/mol. The van der Waals surface area contributed by atoms with Gasteiger partial charge in [-0.2, -0.15) is 0 Å². The van der Waals surface area contributed by atoms with Crippen LogP contribution < -0.4 is 0 Å². The highest BCUT2D eigenvalue weighted by atomic mass is 16.6. The first-order valence-corrected chi connectivity index (χ1v) is 14.2. The zero-order valence-corrected chi connectivity index (χ0v) is 24.7. The summed E-state index contributed by atoms with van der Waals surface area (Å²) < 4.78 is 10.6. The van der Waals surface area contributed by atoms with Gasteiger partial charge in [-0.1, -0.05) is 97.6 Å². The summed E-state index contributed by atoms with van der Waals surface area (Å²) in [6, 6.07) is 0. The Bertz CT molecular complexity index is 578. The Labute approximate surface area is 219 Å². The fraction of sp³-hybridized carbons (Fsp3) is 0.774. The molecule has 4 nitrogen and oxygen atoms in total. The minimum atomic E-state index is -0.330. The van der Waals surface area contributed by atoms with Crippen LogP contribution in [0.2, 0.25) is 0 Å². The minimum Gasteiger partial charge on any atom is -0.482 e. The zero-order chi connectivity index (χ0) is 26.9. The lowest BCUT2D eigenvalue weighted by atomic mass is 9.94. The highest BCUT2D eigenvalue weighted by Gasteiger charge is 2.08. The number of rotatable bonds is 20. The molecular formula is C31H59NO3. The van der Waals surface area contributed by atoms with Crippen LogP contribution in [0.5, 0.6) is 0 Å². The molecule has 4 heteroatoms. The Morgan fingerprint density at radius 2 is 1.54 bits per heavy atom. The summed E-state index contributed by atoms with van der Waals surface area (Å²) in [7, 11) is 4.05. The number of nitrogens with zero attached hydrogens (tertiary/aromatic N) is 1. The standard InChI is InChI=1S/C17H29NO3.C14H30/c1-7-14(3)15(4)16(8-2)21-13-17(19)20-12-10-9-11-18(5)6;1-4-7-8-9-10-11-13-14(6-3)12-5-2/h7-8H,1,9-13H2,2-6H3;14H,4-13H2,1-3H3/b15-14-,16-8+;. The zero-order valence-electron chi connectivity index (χ0n) is 24.7. The average molecular weight is 494 g/mol. The fourth-order valence-corrected chi connectivity index (χ4v) is 3.82. The molecular weight excluding hydrogens is 434 g/mol. The van der Waals surface area contributed by atoms with Crippen molar-refractivity contribution in [3.8, 4) is 0 Å². The maximum absolute atomic E-state index is 11.6. The van der Waals surface area contributed by atoms with E-state index in [1.54, 1.807) is 6.08 Å². The summed E-state index contributed by atoms with van der Waals surface area (Å²) in [6.07, 6.45) is 19.9. The van der Waals surface area contributed by atoms with Crippen LogP contribution in [-0.2, 0) is 14.3 Å². The molecule has 0 N–H and O–H groups in total. The van der Waals surface area contributed by atoms with E-state index >= 15 is 0 Å². The van der Waals surface area contributed by atoms with Crippen molar-refractivity contribution in [1.82, 2.24) is 4.90 Å². The molecule has 1 atom stereocenters. The van der Waals surface area contributed by atoms with Crippen LogP contribution in [0.1, 0.15) is 119 Å². The Balaban J connectivity index is 0. The van der Waals surface area contributed by atoms with E-state index in [-0.39, 0.29) is 12.6 Å². The molecule has 0 amide bonds. The molecule has 0 aliphatic carbocycles. The number of esters is 1. The van der Waals surface area contributed by atoms with E-state index in [1.807, 2.05) is 40.9 Å². The van der Waals surface area contributed by atoms with Gasteiger partial charge in [0.1, 0.15) is 5.76 Å². The molecule has 0 spiro atoms. The average Bonchev–Trinajstić information content (AvgIpc) is 2.85. The first kappa shape index (κ1) is 35.6. The van der Waals surface area contributed by atoms with Crippen molar-refractivity contribution in [2.24, 2.45) is 5.92 Å². The van der Waals surface area contributed by atoms with Gasteiger partial charge in [-0.15, -0.1) is 0 Å². The van der Waals surface area contributed by atoms with Crippen molar-refractivity contribution in [3.63, 3.8) is 0 Å². The lowest BCUT2D eigenvalue weighted by Gasteiger charge is -2.12. The van der Waals surface area contributed by atoms with E-state index in [1.165, 1.54) is 64.2 Å². The molecule has 0 rings (SSSR count). The number of carbonyl (C=O) groups is 1. The molecule has 0 aromatic heterocycles. The van der Waals surface area contributed by atoms with Gasteiger partial charge in [0.2, 0.25) is 0 Å². The molecule has 206 valence electrons. The molecule has 0 saturated heterocycles. The fourth-order valence-electron chi connectivity index (χ4n) is 3.82. The van der Waals surface area contributed by atoms with Crippen LogP contribution >= 0.6 is 0 Å². The lowest BCUT2D eigenvalue weighted by Crippen LogP contribution is -2.16. The second kappa shape index (κ2) is 25.5. The van der Waals surface area contributed by atoms with Gasteiger partial charge in [-0.05, 0) is 77.4 Å². The topological polar surface area (TPSA) is 38.8 Å². The molecule has 0 radical (unpaired) electrons. The molecule has 0 bridgehead atoms. The van der Waals surface area contributed by atoms with E-state index in [2.05, 4.69) is 32.3 Å². The van der Waals surface area contributed by atoms with E-state index in [4.69, 9.17) is 9.47 Å². The van der Waals surface area contributed by atoms with E-state index < -0.39 is 0 Å². The van der Waals surface area contributed by atoms with Crippen LogP contribution in [0.3, 0.4) is 0 Å². The quantitative estimate of drug-likeness (QED) is 0.0734. The monoisotopic (exact) mass is 493 g/mol. The molecule has 0 saturated carbocycles. The van der Waals surface area contributed by atoms with Crippen molar-refractivity contribution in [3.05, 3.63) is 35.6 Å². The summed E-state index contributed by atoms with van der Waals surface area (Å²) in [6.45, 7) is 17.8. The van der Waals surface area contributed by atoms with Gasteiger partial charge in [0.25, 0.3) is 0 Å².